The molecule has 0 N–H and O–H groups in total. The zero-order valence-electron chi connectivity index (χ0n) is 34.9. The molecule has 1 aromatic heterocycles. The zero-order chi connectivity index (χ0) is 40.9. The molecule has 1 saturated carbocycles. The quantitative estimate of drug-likeness (QED) is 0.143. The average molecular weight is 848 g/mol. The van der Waals surface area contributed by atoms with Crippen LogP contribution in [0.2, 0.25) is 0 Å². The van der Waals surface area contributed by atoms with E-state index in [1.807, 2.05) is 0 Å². The number of fused-ring (bicyclic) bond motifs is 1. The summed E-state index contributed by atoms with van der Waals surface area (Å²) in [7, 11) is 1.79. The second kappa shape index (κ2) is 5.11. The molecule has 69 heavy (non-hydrogen) atoms. The van der Waals surface area contributed by atoms with Gasteiger partial charge in [-0.25, -0.2) is 23.5 Å². The summed E-state index contributed by atoms with van der Waals surface area (Å²) in [5.74, 6) is 0. The highest BCUT2D eigenvalue weighted by Gasteiger charge is 2.97. The highest BCUT2D eigenvalue weighted by Crippen LogP contribution is 2.97. The number of hydrogen-bond acceptors (Lipinski definition) is 2. The molecule has 35 rings (SSSR count). The van der Waals surface area contributed by atoms with Crippen molar-refractivity contribution in [1.29, 1.82) is 0 Å². The van der Waals surface area contributed by atoms with Crippen LogP contribution >= 0.6 is 0 Å². The van der Waals surface area contributed by atoms with Gasteiger partial charge in [0.2, 0.25) is 0 Å². The van der Waals surface area contributed by atoms with E-state index < -0.39 is 16.5 Å². The summed E-state index contributed by atoms with van der Waals surface area (Å²) in [5.41, 5.74) is 6.63. The van der Waals surface area contributed by atoms with Gasteiger partial charge in [0.1, 0.15) is 11.1 Å². The summed E-state index contributed by atoms with van der Waals surface area (Å²) in [6, 6.07) is 0. The van der Waals surface area contributed by atoms with Crippen molar-refractivity contribution >= 4 is 269 Å². The maximum Gasteiger partial charge on any atom is 0.348 e. The lowest BCUT2D eigenvalue weighted by molar-refractivity contribution is -0.0362. The molecule has 1 fully saturated rings. The molecule has 0 saturated heterocycles. The van der Waals surface area contributed by atoms with Crippen LogP contribution in [0, 0.1) is 0 Å². The Morgan fingerprint density at radius 2 is 0.522 bits per heavy atom. The predicted molar refractivity (Wildman–Crippen MR) is 278 cm³/mol. The zero-order valence-corrected chi connectivity index (χ0v) is 34.9. The van der Waals surface area contributed by atoms with Gasteiger partial charge in [-0.1, -0.05) is 0 Å². The van der Waals surface area contributed by atoms with Gasteiger partial charge in [-0.2, -0.15) is 0 Å². The Morgan fingerprint density at radius 1 is 0.261 bits per heavy atom. The summed E-state index contributed by atoms with van der Waals surface area (Å²) in [5, 5.41) is 78.2. The highest BCUT2D eigenvalue weighted by atomic mass is 16.2. The van der Waals surface area contributed by atoms with Gasteiger partial charge in [-0.05, 0) is 292 Å². The van der Waals surface area contributed by atoms with Crippen molar-refractivity contribution in [3.63, 3.8) is 0 Å². The van der Waals surface area contributed by atoms with E-state index in [1.165, 1.54) is 91.3 Å². The first-order valence-electron chi connectivity index (χ1n) is 25.6. The Bertz CT molecular complexity index is 7750. The average Bonchev–Trinajstić information content (AvgIpc) is 4.39. The van der Waals surface area contributed by atoms with Gasteiger partial charge in [0, 0.05) is 34.6 Å². The van der Waals surface area contributed by atoms with Gasteiger partial charge < -0.3 is 0 Å². The Balaban J connectivity index is 1.21. The fourth-order valence-corrected chi connectivity index (χ4v) is 26.9. The van der Waals surface area contributed by atoms with Crippen LogP contribution in [0.4, 0.5) is 0 Å². The molecule has 5 heteroatoms. The summed E-state index contributed by atoms with van der Waals surface area (Å²) < 4.78 is 5.86. The van der Waals surface area contributed by atoms with Crippen molar-refractivity contribution < 1.29 is 0 Å². The third-order valence-electron chi connectivity index (χ3n) is 26.7. The van der Waals surface area contributed by atoms with Gasteiger partial charge in [0.25, 0.3) is 0 Å². The predicted octanol–water partition coefficient (Wildman–Crippen LogP) is 13.6. The largest absolute Gasteiger partial charge is 0.348 e. The maximum absolute atomic E-state index is 15.9. The monoisotopic (exact) mass is 847 g/mol. The molecular formula is C64H5N3O2. The number of nitrogens with zero attached hydrogens (tertiary/aromatic N) is 3. The third-order valence-corrected chi connectivity index (χ3v) is 26.7. The van der Waals surface area contributed by atoms with Crippen molar-refractivity contribution in [3.8, 4) is 0 Å². The minimum atomic E-state index is -0.836. The minimum Gasteiger partial charge on any atom is -0.246 e. The fourth-order valence-electron chi connectivity index (χ4n) is 26.9. The molecular weight excluding hydrogens is 843 g/mol. The molecule has 4 unspecified atom stereocenters. The van der Waals surface area contributed by atoms with Crippen molar-refractivity contribution in [2.45, 2.75) is 28.3 Å². The molecule has 7 aliphatic carbocycles. The van der Waals surface area contributed by atoms with Crippen LogP contribution in [0.3, 0.4) is 0 Å². The standard InChI is InChI=1S/C64H5N3O2/c1-65-59(68)66-63-55-47-39-31-21-13-6-4-3-5-7-8(6)15-19(13)32(39)40-34-23(15)22-14(7)18-12(5)20-16-9(3)11-10(4)17(21)26-28-24(11)27-25(16)35-29(20)36-30(18)37-33(22)43(34)52-54-46(37)44(36)53-45(35)50-41(27)42(28)51(48(55)38(26)31)58(63)57(50)61(53)2-62(54,61)64(63,56(52)49(40)47)67(66)60(65)69/h2H2,1H3. The van der Waals surface area contributed by atoms with Crippen LogP contribution in [0.15, 0.2) is 9.59 Å². The van der Waals surface area contributed by atoms with E-state index in [0.717, 1.165) is 6.42 Å². The smallest absolute Gasteiger partial charge is 0.246 e. The lowest BCUT2D eigenvalue weighted by Gasteiger charge is -2.66. The number of rotatable bonds is 0. The van der Waals surface area contributed by atoms with Crippen molar-refractivity contribution in [2.75, 3.05) is 0 Å². The summed E-state index contributed by atoms with van der Waals surface area (Å²) in [6.45, 7) is 0. The first-order chi connectivity index (χ1) is 34.2. The van der Waals surface area contributed by atoms with E-state index in [4.69, 9.17) is 0 Å². The summed E-state index contributed by atoms with van der Waals surface area (Å²) >= 11 is 0. The van der Waals surface area contributed by atoms with E-state index >= 15 is 9.59 Å². The van der Waals surface area contributed by atoms with Crippen molar-refractivity contribution in [1.82, 2.24) is 13.9 Å². The third kappa shape index (κ3) is 1.14. The molecule has 26 aromatic carbocycles. The lowest BCUT2D eigenvalue weighted by atomic mass is 9.48. The van der Waals surface area contributed by atoms with Gasteiger partial charge in [-0.3, -0.25) is 0 Å². The highest BCUT2D eigenvalue weighted by molar-refractivity contribution is 6.80. The normalized spacial score (nSPS) is 27.5. The molecule has 0 amide bonds. The van der Waals surface area contributed by atoms with Gasteiger partial charge in [-0.15, -0.1) is 0 Å². The Kier molecular flexibility index (Phi) is 1.81. The van der Waals surface area contributed by atoms with Gasteiger partial charge in [0.05, 0.1) is 0 Å². The number of benzene rings is 17. The molecule has 4 atom stereocenters. The van der Waals surface area contributed by atoms with E-state index in [1.54, 1.807) is 223 Å². The molecule has 8 aliphatic rings. The van der Waals surface area contributed by atoms with Crippen LogP contribution in [0.5, 0.6) is 0 Å². The van der Waals surface area contributed by atoms with Crippen molar-refractivity contribution in [2.24, 2.45) is 7.05 Å². The van der Waals surface area contributed by atoms with Crippen LogP contribution in [-0.2, 0) is 29.0 Å². The molecule has 4 spiro atoms. The molecule has 288 valence electrons. The Hall–Kier alpha value is -8.54. The summed E-state index contributed by atoms with van der Waals surface area (Å²) in [4.78, 5) is 31.7. The summed E-state index contributed by atoms with van der Waals surface area (Å²) in [6.07, 6.45) is 1.01. The van der Waals surface area contributed by atoms with E-state index in [2.05, 4.69) is 9.36 Å². The van der Waals surface area contributed by atoms with E-state index in [9.17, 15) is 0 Å². The molecule has 1 aliphatic heterocycles. The Labute approximate surface area is 371 Å². The first kappa shape index (κ1) is 24.5. The minimum absolute atomic E-state index is 0.119. The fraction of sp³-hybridized carbons (Fsp3) is 0.0938. The van der Waals surface area contributed by atoms with E-state index in [-0.39, 0.29) is 16.8 Å². The van der Waals surface area contributed by atoms with Crippen LogP contribution in [0.25, 0.3) is 269 Å². The number of aromatic nitrogens is 3. The first-order valence-corrected chi connectivity index (χ1v) is 25.6. The number of hydrogen-bond donors (Lipinski definition) is 0. The molecule has 5 nitrogen and oxygen atoms in total. The molecule has 0 bridgehead atoms. The van der Waals surface area contributed by atoms with Crippen LogP contribution in [0.1, 0.15) is 39.8 Å². The van der Waals surface area contributed by atoms with E-state index in [0.29, 0.717) is 0 Å². The van der Waals surface area contributed by atoms with Gasteiger partial charge in [0.15, 0.2) is 0 Å². The SMILES string of the molecule is Cn1c(=O)n2n(c1=O)C13c4c5c6c7c8c9c%10c%11c(c%12c%13c%14c(c%15c4c4c%16c5c5c7c7c8c8c%10c%10c%17c%11c%13c%11c%13c%14c%14c%15c4c4c%15c%16c5c5c7c7c8c%10c8c(c%17%11)c%10c%13c%14c4c4c%15c5c7c8c%104)C%1221)C91CC613. The molecule has 0 radical (unpaired) electrons. The van der Waals surface area contributed by atoms with Crippen LogP contribution < -0.4 is 11.4 Å². The molecule has 2 heterocycles. The van der Waals surface area contributed by atoms with Gasteiger partial charge >= 0.3 is 11.4 Å². The second-order valence-electron chi connectivity index (χ2n) is 26.2. The van der Waals surface area contributed by atoms with Crippen molar-refractivity contribution in [3.05, 3.63) is 54.3 Å². The topological polar surface area (TPSA) is 48.9 Å². The Morgan fingerprint density at radius 3 is 0.899 bits per heavy atom. The second-order valence-corrected chi connectivity index (χ2v) is 26.2. The lowest BCUT2D eigenvalue weighted by Crippen LogP contribution is -2.80. The maximum atomic E-state index is 15.9. The molecule has 27 aromatic rings. The van der Waals surface area contributed by atoms with Crippen LogP contribution in [-0.4, -0.2) is 13.9 Å².